The van der Waals surface area contributed by atoms with E-state index < -0.39 is 10.0 Å². The van der Waals surface area contributed by atoms with Crippen LogP contribution in [0.4, 0.5) is 5.69 Å². The van der Waals surface area contributed by atoms with E-state index in [-0.39, 0.29) is 0 Å². The van der Waals surface area contributed by atoms with Gasteiger partial charge in [0.15, 0.2) is 0 Å². The zero-order valence-corrected chi connectivity index (χ0v) is 12.2. The van der Waals surface area contributed by atoms with Crippen LogP contribution in [0.25, 0.3) is 0 Å². The molecule has 5 heteroatoms. The zero-order valence-electron chi connectivity index (χ0n) is 10.5. The fourth-order valence-electron chi connectivity index (χ4n) is 1.80. The quantitative estimate of drug-likeness (QED) is 0.936. The molecule has 96 valence electrons. The van der Waals surface area contributed by atoms with Crippen molar-refractivity contribution in [1.82, 2.24) is 0 Å². The van der Waals surface area contributed by atoms with Crippen molar-refractivity contribution in [3.63, 3.8) is 0 Å². The smallest absolute Gasteiger partial charge is 0.271 e. The molecule has 0 fully saturated rings. The average Bonchev–Trinajstić information content (AvgIpc) is 2.62. The van der Waals surface area contributed by atoms with Crippen LogP contribution in [0.15, 0.2) is 34.5 Å². The number of anilines is 1. The second-order valence-electron chi connectivity index (χ2n) is 4.35. The lowest BCUT2D eigenvalue weighted by Crippen LogP contribution is -2.11. The van der Waals surface area contributed by atoms with Crippen LogP contribution in [-0.4, -0.2) is 8.42 Å². The van der Waals surface area contributed by atoms with Gasteiger partial charge >= 0.3 is 0 Å². The maximum atomic E-state index is 12.1. The molecular weight excluding hydrogens is 266 g/mol. The summed E-state index contributed by atoms with van der Waals surface area (Å²) in [5.74, 6) is 0. The molecule has 0 atom stereocenters. The molecule has 1 aromatic heterocycles. The summed E-state index contributed by atoms with van der Waals surface area (Å²) < 4.78 is 27.2. The standard InChI is InChI=1S/C13H15NO2S2/c1-9-6-10(2)8-12(7-9)14-18(15,16)13-5-4-11(3)17-13/h4-8,14H,1-3H3. The Kier molecular flexibility index (Phi) is 3.45. The molecule has 0 aliphatic rings. The summed E-state index contributed by atoms with van der Waals surface area (Å²) in [5.41, 5.74) is 2.68. The molecule has 18 heavy (non-hydrogen) atoms. The average molecular weight is 281 g/mol. The van der Waals surface area contributed by atoms with Crippen LogP contribution in [0.2, 0.25) is 0 Å². The largest absolute Gasteiger partial charge is 0.279 e. The molecule has 1 heterocycles. The van der Waals surface area contributed by atoms with Crippen molar-refractivity contribution in [1.29, 1.82) is 0 Å². The second kappa shape index (κ2) is 4.74. The van der Waals surface area contributed by atoms with Crippen LogP contribution in [-0.2, 0) is 10.0 Å². The van der Waals surface area contributed by atoms with Gasteiger partial charge in [0, 0.05) is 10.6 Å². The third kappa shape index (κ3) is 2.91. The van der Waals surface area contributed by atoms with Crippen molar-refractivity contribution in [2.75, 3.05) is 4.72 Å². The zero-order chi connectivity index (χ0) is 13.3. The van der Waals surface area contributed by atoms with E-state index in [0.717, 1.165) is 16.0 Å². The number of rotatable bonds is 3. The van der Waals surface area contributed by atoms with Crippen LogP contribution >= 0.6 is 11.3 Å². The SMILES string of the molecule is Cc1cc(C)cc(NS(=O)(=O)c2ccc(C)s2)c1. The monoisotopic (exact) mass is 281 g/mol. The van der Waals surface area contributed by atoms with Crippen molar-refractivity contribution in [2.45, 2.75) is 25.0 Å². The minimum absolute atomic E-state index is 0.346. The van der Waals surface area contributed by atoms with Crippen molar-refractivity contribution in [3.05, 3.63) is 46.3 Å². The molecule has 0 bridgehead atoms. The van der Waals surface area contributed by atoms with Gasteiger partial charge in [0.2, 0.25) is 0 Å². The van der Waals surface area contributed by atoms with E-state index in [9.17, 15) is 8.42 Å². The van der Waals surface area contributed by atoms with Gasteiger partial charge in [-0.15, -0.1) is 11.3 Å². The first kappa shape index (κ1) is 13.1. The van der Waals surface area contributed by atoms with Crippen molar-refractivity contribution >= 4 is 27.0 Å². The van der Waals surface area contributed by atoms with E-state index in [2.05, 4.69) is 4.72 Å². The molecule has 0 radical (unpaired) electrons. The highest BCUT2D eigenvalue weighted by Gasteiger charge is 2.16. The first-order chi connectivity index (χ1) is 8.37. The van der Waals surface area contributed by atoms with Crippen molar-refractivity contribution in [3.8, 4) is 0 Å². The Bertz CT molecular complexity index is 652. The molecule has 3 nitrogen and oxygen atoms in total. The fraction of sp³-hybridized carbons (Fsp3) is 0.231. The Balaban J connectivity index is 2.33. The molecule has 0 aliphatic carbocycles. The van der Waals surface area contributed by atoms with Gasteiger partial charge in [0.05, 0.1) is 0 Å². The summed E-state index contributed by atoms with van der Waals surface area (Å²) in [7, 11) is -3.46. The van der Waals surface area contributed by atoms with Gasteiger partial charge in [-0.1, -0.05) is 6.07 Å². The molecule has 0 spiro atoms. The topological polar surface area (TPSA) is 46.2 Å². The molecule has 0 amide bonds. The predicted molar refractivity (Wildman–Crippen MR) is 75.8 cm³/mol. The van der Waals surface area contributed by atoms with Crippen LogP contribution in [0.5, 0.6) is 0 Å². The van der Waals surface area contributed by atoms with Gasteiger partial charge in [0.1, 0.15) is 4.21 Å². The number of thiophene rings is 1. The van der Waals surface area contributed by atoms with Crippen LogP contribution < -0.4 is 4.72 Å². The predicted octanol–water partition coefficient (Wildman–Crippen LogP) is 3.47. The summed E-state index contributed by atoms with van der Waals surface area (Å²) >= 11 is 1.27. The lowest BCUT2D eigenvalue weighted by Gasteiger charge is -2.08. The Labute approximate surface area is 112 Å². The molecular formula is C13H15NO2S2. The molecule has 0 unspecified atom stereocenters. The molecule has 0 aliphatic heterocycles. The van der Waals surface area contributed by atoms with Crippen molar-refractivity contribution < 1.29 is 8.42 Å². The Hall–Kier alpha value is -1.33. The second-order valence-corrected chi connectivity index (χ2v) is 7.54. The molecule has 2 rings (SSSR count). The summed E-state index contributed by atoms with van der Waals surface area (Å²) in [6, 6.07) is 9.09. The van der Waals surface area contributed by atoms with Crippen LogP contribution in [0, 0.1) is 20.8 Å². The fourth-order valence-corrected chi connectivity index (χ4v) is 4.12. The normalized spacial score (nSPS) is 11.5. The van der Waals surface area contributed by atoms with Crippen LogP contribution in [0.3, 0.4) is 0 Å². The lowest BCUT2D eigenvalue weighted by atomic mass is 10.1. The highest BCUT2D eigenvalue weighted by atomic mass is 32.2. The van der Waals surface area contributed by atoms with E-state index in [1.807, 2.05) is 39.0 Å². The Morgan fingerprint density at radius 1 is 1.00 bits per heavy atom. The Morgan fingerprint density at radius 3 is 2.11 bits per heavy atom. The maximum Gasteiger partial charge on any atom is 0.271 e. The van der Waals surface area contributed by atoms with E-state index in [0.29, 0.717) is 9.90 Å². The van der Waals surface area contributed by atoms with Crippen LogP contribution in [0.1, 0.15) is 16.0 Å². The lowest BCUT2D eigenvalue weighted by molar-refractivity contribution is 0.603. The summed E-state index contributed by atoms with van der Waals surface area (Å²) in [6.07, 6.45) is 0. The molecule has 0 saturated carbocycles. The van der Waals surface area contributed by atoms with Crippen molar-refractivity contribution in [2.24, 2.45) is 0 Å². The highest BCUT2D eigenvalue weighted by Crippen LogP contribution is 2.24. The molecule has 1 N–H and O–H groups in total. The molecule has 1 aromatic carbocycles. The van der Waals surface area contributed by atoms with E-state index in [1.54, 1.807) is 12.1 Å². The number of hydrogen-bond acceptors (Lipinski definition) is 3. The van der Waals surface area contributed by atoms with Gasteiger partial charge in [-0.3, -0.25) is 4.72 Å². The summed E-state index contributed by atoms with van der Waals surface area (Å²) in [5, 5.41) is 0. The van der Waals surface area contributed by atoms with E-state index in [1.165, 1.54) is 11.3 Å². The summed E-state index contributed by atoms with van der Waals surface area (Å²) in [4.78, 5) is 0.982. The summed E-state index contributed by atoms with van der Waals surface area (Å²) in [6.45, 7) is 5.78. The highest BCUT2D eigenvalue weighted by molar-refractivity contribution is 7.94. The third-order valence-corrected chi connectivity index (χ3v) is 5.33. The maximum absolute atomic E-state index is 12.1. The minimum Gasteiger partial charge on any atom is -0.279 e. The Morgan fingerprint density at radius 2 is 1.61 bits per heavy atom. The van der Waals surface area contributed by atoms with Gasteiger partial charge in [-0.05, 0) is 56.2 Å². The number of nitrogens with one attached hydrogen (secondary N) is 1. The van der Waals surface area contributed by atoms with Gasteiger partial charge in [0.25, 0.3) is 10.0 Å². The first-order valence-electron chi connectivity index (χ1n) is 5.54. The van der Waals surface area contributed by atoms with Gasteiger partial charge in [-0.2, -0.15) is 0 Å². The van der Waals surface area contributed by atoms with E-state index >= 15 is 0 Å². The molecule has 2 aromatic rings. The number of benzene rings is 1. The van der Waals surface area contributed by atoms with Gasteiger partial charge < -0.3 is 0 Å². The molecule has 0 saturated heterocycles. The first-order valence-corrected chi connectivity index (χ1v) is 7.84. The minimum atomic E-state index is -3.46. The van der Waals surface area contributed by atoms with Gasteiger partial charge in [-0.25, -0.2) is 8.42 Å². The number of aryl methyl sites for hydroxylation is 3. The number of hydrogen-bond donors (Lipinski definition) is 1. The van der Waals surface area contributed by atoms with E-state index in [4.69, 9.17) is 0 Å². The number of sulfonamides is 1. The third-order valence-electron chi connectivity index (χ3n) is 2.45.